The van der Waals surface area contributed by atoms with E-state index in [2.05, 4.69) is 15.9 Å². The molecule has 1 aromatic rings. The van der Waals surface area contributed by atoms with Crippen LogP contribution in [0.4, 0.5) is 0 Å². The molecule has 60 valence electrons. The summed E-state index contributed by atoms with van der Waals surface area (Å²) in [5, 5.41) is 9.28. The van der Waals surface area contributed by atoms with Crippen LogP contribution in [0.2, 0.25) is 0 Å². The molecule has 11 heavy (non-hydrogen) atoms. The first-order chi connectivity index (χ1) is 5.24. The zero-order valence-electron chi connectivity index (χ0n) is 6.00. The van der Waals surface area contributed by atoms with Gasteiger partial charge < -0.3 is 10.8 Å². The third-order valence-corrected chi connectivity index (χ3v) is 2.01. The molecule has 3 N–H and O–H groups in total. The molecule has 2 nitrogen and oxygen atoms in total. The van der Waals surface area contributed by atoms with E-state index < -0.39 is 6.10 Å². The molecular formula is C8H10BrNO. The highest BCUT2D eigenvalue weighted by Crippen LogP contribution is 2.15. The molecule has 3 heteroatoms. The van der Waals surface area contributed by atoms with Gasteiger partial charge in [-0.3, -0.25) is 0 Å². The van der Waals surface area contributed by atoms with Crippen molar-refractivity contribution in [2.45, 2.75) is 6.10 Å². The van der Waals surface area contributed by atoms with Crippen LogP contribution in [0.15, 0.2) is 28.7 Å². The molecule has 0 spiro atoms. The van der Waals surface area contributed by atoms with E-state index in [1.54, 1.807) is 0 Å². The van der Waals surface area contributed by atoms with E-state index in [0.717, 1.165) is 10.0 Å². The smallest absolute Gasteiger partial charge is 0.0912 e. The van der Waals surface area contributed by atoms with Gasteiger partial charge in [-0.05, 0) is 17.7 Å². The molecule has 1 atom stereocenters. The van der Waals surface area contributed by atoms with Gasteiger partial charge in [0.2, 0.25) is 0 Å². The summed E-state index contributed by atoms with van der Waals surface area (Å²) in [6, 6.07) is 7.46. The van der Waals surface area contributed by atoms with E-state index in [9.17, 15) is 5.11 Å². The Hall–Kier alpha value is -0.380. The summed E-state index contributed by atoms with van der Waals surface area (Å²) in [6.45, 7) is 0.266. The fourth-order valence-electron chi connectivity index (χ4n) is 0.821. The third-order valence-electron chi connectivity index (χ3n) is 1.48. The van der Waals surface area contributed by atoms with Gasteiger partial charge in [0.1, 0.15) is 0 Å². The van der Waals surface area contributed by atoms with E-state index in [4.69, 9.17) is 5.73 Å². The lowest BCUT2D eigenvalue weighted by Crippen LogP contribution is -2.11. The van der Waals surface area contributed by atoms with Crippen LogP contribution < -0.4 is 5.73 Å². The minimum Gasteiger partial charge on any atom is -0.387 e. The van der Waals surface area contributed by atoms with Crippen LogP contribution in [-0.4, -0.2) is 11.7 Å². The number of halogens is 1. The van der Waals surface area contributed by atoms with E-state index in [-0.39, 0.29) is 6.54 Å². The van der Waals surface area contributed by atoms with Gasteiger partial charge in [-0.25, -0.2) is 0 Å². The summed E-state index contributed by atoms with van der Waals surface area (Å²) in [5.74, 6) is 0. The van der Waals surface area contributed by atoms with Crippen molar-refractivity contribution in [2.75, 3.05) is 6.54 Å². The summed E-state index contributed by atoms with van der Waals surface area (Å²) >= 11 is 3.30. The average Bonchev–Trinajstić information content (AvgIpc) is 2.05. The monoisotopic (exact) mass is 215 g/mol. The molecule has 0 radical (unpaired) electrons. The lowest BCUT2D eigenvalue weighted by Gasteiger charge is -2.06. The van der Waals surface area contributed by atoms with Crippen molar-refractivity contribution in [3.05, 3.63) is 34.3 Å². The zero-order valence-corrected chi connectivity index (χ0v) is 7.58. The standard InChI is InChI=1S/C8H10BrNO/c9-7-3-1-6(2-4-7)8(11)5-10/h1-4,8,11H,5,10H2. The van der Waals surface area contributed by atoms with Crippen LogP contribution in [0.25, 0.3) is 0 Å². The van der Waals surface area contributed by atoms with Crippen molar-refractivity contribution in [3.63, 3.8) is 0 Å². The fraction of sp³-hybridized carbons (Fsp3) is 0.250. The topological polar surface area (TPSA) is 46.2 Å². The van der Waals surface area contributed by atoms with Crippen molar-refractivity contribution in [3.8, 4) is 0 Å². The Labute approximate surface area is 74.2 Å². The lowest BCUT2D eigenvalue weighted by molar-refractivity contribution is 0.187. The maximum Gasteiger partial charge on any atom is 0.0912 e. The molecule has 0 aliphatic carbocycles. The summed E-state index contributed by atoms with van der Waals surface area (Å²) in [7, 11) is 0. The van der Waals surface area contributed by atoms with Gasteiger partial charge >= 0.3 is 0 Å². The van der Waals surface area contributed by atoms with Gasteiger partial charge in [-0.15, -0.1) is 0 Å². The Morgan fingerprint density at radius 3 is 2.36 bits per heavy atom. The molecule has 0 aromatic heterocycles. The predicted molar refractivity (Wildman–Crippen MR) is 48.2 cm³/mol. The molecule has 0 bridgehead atoms. The number of aliphatic hydroxyl groups excluding tert-OH is 1. The van der Waals surface area contributed by atoms with Crippen molar-refractivity contribution < 1.29 is 5.11 Å². The Bertz CT molecular complexity index is 222. The largest absolute Gasteiger partial charge is 0.387 e. The molecule has 0 saturated heterocycles. The highest BCUT2D eigenvalue weighted by Gasteiger charge is 2.02. The third kappa shape index (κ3) is 2.29. The van der Waals surface area contributed by atoms with E-state index in [0.29, 0.717) is 0 Å². The SMILES string of the molecule is NCC(O)c1ccc(Br)cc1. The Morgan fingerprint density at radius 1 is 1.36 bits per heavy atom. The van der Waals surface area contributed by atoms with Crippen molar-refractivity contribution in [2.24, 2.45) is 5.73 Å². The second kappa shape index (κ2) is 3.85. The number of hydrogen-bond acceptors (Lipinski definition) is 2. The number of aliphatic hydroxyl groups is 1. The normalized spacial score (nSPS) is 13.0. The van der Waals surface area contributed by atoms with Gasteiger partial charge in [-0.1, -0.05) is 28.1 Å². The highest BCUT2D eigenvalue weighted by atomic mass is 79.9. The van der Waals surface area contributed by atoms with Crippen LogP contribution >= 0.6 is 15.9 Å². The maximum atomic E-state index is 9.28. The fourth-order valence-corrected chi connectivity index (χ4v) is 1.09. The van der Waals surface area contributed by atoms with Crippen LogP contribution in [0.3, 0.4) is 0 Å². The molecule has 0 aliphatic rings. The Kier molecular flexibility index (Phi) is 3.05. The Balaban J connectivity index is 2.81. The number of nitrogens with two attached hydrogens (primary N) is 1. The first kappa shape index (κ1) is 8.71. The van der Waals surface area contributed by atoms with Gasteiger partial charge in [0.15, 0.2) is 0 Å². The average molecular weight is 216 g/mol. The molecule has 0 saturated carbocycles. The predicted octanol–water partition coefficient (Wildman–Crippen LogP) is 1.44. The minimum absolute atomic E-state index is 0.266. The number of benzene rings is 1. The molecular weight excluding hydrogens is 206 g/mol. The first-order valence-electron chi connectivity index (χ1n) is 3.37. The highest BCUT2D eigenvalue weighted by molar-refractivity contribution is 9.10. The molecule has 1 unspecified atom stereocenters. The molecule has 0 amide bonds. The molecule has 0 aliphatic heterocycles. The zero-order chi connectivity index (χ0) is 8.27. The molecule has 0 heterocycles. The van der Waals surface area contributed by atoms with Gasteiger partial charge in [0.05, 0.1) is 6.10 Å². The Morgan fingerprint density at radius 2 is 1.91 bits per heavy atom. The van der Waals surface area contributed by atoms with Gasteiger partial charge in [-0.2, -0.15) is 0 Å². The van der Waals surface area contributed by atoms with Crippen molar-refractivity contribution in [1.29, 1.82) is 0 Å². The van der Waals surface area contributed by atoms with E-state index in [1.165, 1.54) is 0 Å². The second-order valence-corrected chi connectivity index (χ2v) is 3.22. The minimum atomic E-state index is -0.539. The van der Waals surface area contributed by atoms with E-state index in [1.807, 2.05) is 24.3 Å². The van der Waals surface area contributed by atoms with Crippen LogP contribution in [-0.2, 0) is 0 Å². The number of rotatable bonds is 2. The molecule has 1 rings (SSSR count). The maximum absolute atomic E-state index is 9.28. The summed E-state index contributed by atoms with van der Waals surface area (Å²) < 4.78 is 1.01. The van der Waals surface area contributed by atoms with Crippen molar-refractivity contribution >= 4 is 15.9 Å². The second-order valence-electron chi connectivity index (χ2n) is 2.30. The number of hydrogen-bond donors (Lipinski definition) is 2. The van der Waals surface area contributed by atoms with Gasteiger partial charge in [0.25, 0.3) is 0 Å². The van der Waals surface area contributed by atoms with Gasteiger partial charge in [0, 0.05) is 11.0 Å². The summed E-state index contributed by atoms with van der Waals surface area (Å²) in [4.78, 5) is 0. The summed E-state index contributed by atoms with van der Waals surface area (Å²) in [5.41, 5.74) is 6.14. The lowest BCUT2D eigenvalue weighted by atomic mass is 10.1. The first-order valence-corrected chi connectivity index (χ1v) is 4.17. The molecule has 1 aromatic carbocycles. The van der Waals surface area contributed by atoms with Crippen LogP contribution in [0.1, 0.15) is 11.7 Å². The van der Waals surface area contributed by atoms with E-state index >= 15 is 0 Å². The van der Waals surface area contributed by atoms with Crippen LogP contribution in [0, 0.1) is 0 Å². The van der Waals surface area contributed by atoms with Crippen molar-refractivity contribution in [1.82, 2.24) is 0 Å². The van der Waals surface area contributed by atoms with Crippen LogP contribution in [0.5, 0.6) is 0 Å². The summed E-state index contributed by atoms with van der Waals surface area (Å²) in [6.07, 6.45) is -0.539. The molecule has 0 fully saturated rings. The quantitative estimate of drug-likeness (QED) is 0.785.